The average molecular weight is 310 g/mol. The third-order valence-corrected chi connectivity index (χ3v) is 3.44. The predicted molar refractivity (Wildman–Crippen MR) is 83.2 cm³/mol. The molecule has 0 fully saturated rings. The molecule has 6 nitrogen and oxygen atoms in total. The van der Waals surface area contributed by atoms with Gasteiger partial charge in [-0.15, -0.1) is 0 Å². The van der Waals surface area contributed by atoms with Crippen LogP contribution in [0.5, 0.6) is 0 Å². The molecule has 1 aliphatic rings. The number of aliphatic carboxylic acids is 1. The molecular formula is C17H14N2O4. The van der Waals surface area contributed by atoms with Gasteiger partial charge in [-0.05, 0) is 24.3 Å². The van der Waals surface area contributed by atoms with Gasteiger partial charge in [-0.2, -0.15) is 0 Å². The summed E-state index contributed by atoms with van der Waals surface area (Å²) in [7, 11) is 0. The molecule has 0 radical (unpaired) electrons. The molecule has 1 amide bonds. The lowest BCUT2D eigenvalue weighted by molar-refractivity contribution is -0.144. The van der Waals surface area contributed by atoms with Gasteiger partial charge in [0.1, 0.15) is 6.61 Å². The Morgan fingerprint density at radius 3 is 2.26 bits per heavy atom. The van der Waals surface area contributed by atoms with Crippen LogP contribution < -0.4 is 5.32 Å². The lowest BCUT2D eigenvalue weighted by Gasteiger charge is -2.20. The number of benzene rings is 2. The Labute approximate surface area is 132 Å². The molecular weight excluding hydrogens is 296 g/mol. The number of carbonyl (C=O) groups excluding carboxylic acids is 1. The molecule has 3 rings (SSSR count). The van der Waals surface area contributed by atoms with Gasteiger partial charge in [-0.1, -0.05) is 36.4 Å². The molecule has 1 aliphatic heterocycles. The molecule has 6 heteroatoms. The topological polar surface area (TPSA) is 88.0 Å². The summed E-state index contributed by atoms with van der Waals surface area (Å²) < 4.78 is 5.41. The fourth-order valence-electron chi connectivity index (χ4n) is 2.22. The zero-order valence-corrected chi connectivity index (χ0v) is 12.1. The van der Waals surface area contributed by atoms with Crippen LogP contribution in [0.3, 0.4) is 0 Å². The molecule has 2 aromatic rings. The van der Waals surface area contributed by atoms with Gasteiger partial charge in [0, 0.05) is 11.1 Å². The quantitative estimate of drug-likeness (QED) is 0.899. The molecule has 2 aromatic carbocycles. The summed E-state index contributed by atoms with van der Waals surface area (Å²) >= 11 is 0. The normalized spacial score (nSPS) is 19.6. The van der Waals surface area contributed by atoms with Gasteiger partial charge in [-0.25, -0.2) is 9.79 Å². The summed E-state index contributed by atoms with van der Waals surface area (Å²) in [6.45, 7) is -0.259. The largest absolute Gasteiger partial charge is 0.478 e. The highest BCUT2D eigenvalue weighted by molar-refractivity contribution is 6.02. The van der Waals surface area contributed by atoms with Crippen molar-refractivity contribution in [1.29, 1.82) is 0 Å². The van der Waals surface area contributed by atoms with Crippen LogP contribution in [0.2, 0.25) is 0 Å². The van der Waals surface area contributed by atoms with Crippen molar-refractivity contribution in [2.24, 2.45) is 4.99 Å². The number of amides is 1. The maximum Gasteiger partial charge on any atom is 0.356 e. The summed E-state index contributed by atoms with van der Waals surface area (Å²) in [5.74, 6) is -1.59. The SMILES string of the molecule is O=C(NC1(C(=O)O)COC(c2ccccc2)=N1)c1ccccc1. The molecule has 116 valence electrons. The number of nitrogens with one attached hydrogen (secondary N) is 1. The highest BCUT2D eigenvalue weighted by Gasteiger charge is 2.46. The molecule has 0 saturated heterocycles. The monoisotopic (exact) mass is 310 g/mol. The highest BCUT2D eigenvalue weighted by Crippen LogP contribution is 2.21. The minimum absolute atomic E-state index is 0.196. The van der Waals surface area contributed by atoms with E-state index in [4.69, 9.17) is 4.74 Å². The molecule has 1 unspecified atom stereocenters. The predicted octanol–water partition coefficient (Wildman–Crippen LogP) is 1.67. The first-order valence-electron chi connectivity index (χ1n) is 7.00. The number of aliphatic imine (C=N–C) groups is 1. The van der Waals surface area contributed by atoms with Crippen molar-refractivity contribution in [2.45, 2.75) is 5.66 Å². The van der Waals surface area contributed by atoms with E-state index in [1.165, 1.54) is 0 Å². The van der Waals surface area contributed by atoms with Crippen LogP contribution in [0.15, 0.2) is 65.7 Å². The van der Waals surface area contributed by atoms with Gasteiger partial charge in [0.2, 0.25) is 5.90 Å². The summed E-state index contributed by atoms with van der Waals surface area (Å²) in [5.41, 5.74) is -0.806. The Hall–Kier alpha value is -3.15. The van der Waals surface area contributed by atoms with Gasteiger partial charge in [0.15, 0.2) is 0 Å². The lowest BCUT2D eigenvalue weighted by Crippen LogP contribution is -2.54. The second-order valence-electron chi connectivity index (χ2n) is 5.06. The minimum Gasteiger partial charge on any atom is -0.478 e. The summed E-state index contributed by atoms with van der Waals surface area (Å²) in [6.07, 6.45) is 0. The van der Waals surface area contributed by atoms with E-state index < -0.39 is 17.5 Å². The van der Waals surface area contributed by atoms with Crippen LogP contribution in [0, 0.1) is 0 Å². The van der Waals surface area contributed by atoms with Gasteiger partial charge < -0.3 is 15.2 Å². The number of carbonyl (C=O) groups is 2. The lowest BCUT2D eigenvalue weighted by atomic mass is 10.1. The number of hydrogen-bond acceptors (Lipinski definition) is 4. The number of carboxylic acid groups (broad SMARTS) is 1. The van der Waals surface area contributed by atoms with Crippen molar-refractivity contribution in [3.63, 3.8) is 0 Å². The van der Waals surface area contributed by atoms with Gasteiger partial charge in [-0.3, -0.25) is 4.79 Å². The average Bonchev–Trinajstić information content (AvgIpc) is 3.02. The summed E-state index contributed by atoms with van der Waals surface area (Å²) in [4.78, 5) is 28.0. The van der Waals surface area contributed by atoms with Crippen LogP contribution in [0.25, 0.3) is 0 Å². The van der Waals surface area contributed by atoms with Gasteiger partial charge in [0.25, 0.3) is 11.6 Å². The van der Waals surface area contributed by atoms with E-state index in [2.05, 4.69) is 10.3 Å². The Bertz CT molecular complexity index is 759. The van der Waals surface area contributed by atoms with Crippen molar-refractivity contribution in [3.05, 3.63) is 71.8 Å². The van der Waals surface area contributed by atoms with Gasteiger partial charge in [0.05, 0.1) is 0 Å². The third-order valence-electron chi connectivity index (χ3n) is 3.44. The minimum atomic E-state index is -1.82. The number of carboxylic acids is 1. The van der Waals surface area contributed by atoms with Crippen molar-refractivity contribution in [1.82, 2.24) is 5.32 Å². The highest BCUT2D eigenvalue weighted by atomic mass is 16.5. The van der Waals surface area contributed by atoms with Crippen LogP contribution in [0.4, 0.5) is 0 Å². The molecule has 1 atom stereocenters. The number of ether oxygens (including phenoxy) is 1. The Kier molecular flexibility index (Phi) is 3.80. The second kappa shape index (κ2) is 5.92. The van der Waals surface area contributed by atoms with Crippen LogP contribution in [-0.2, 0) is 9.53 Å². The van der Waals surface area contributed by atoms with Crippen LogP contribution in [0.1, 0.15) is 15.9 Å². The Morgan fingerprint density at radius 2 is 1.65 bits per heavy atom. The fourth-order valence-corrected chi connectivity index (χ4v) is 2.22. The van der Waals surface area contributed by atoms with E-state index in [-0.39, 0.29) is 12.5 Å². The first kappa shape index (κ1) is 14.8. The zero-order valence-electron chi connectivity index (χ0n) is 12.1. The van der Waals surface area contributed by atoms with Crippen LogP contribution >= 0.6 is 0 Å². The zero-order chi connectivity index (χ0) is 16.3. The molecule has 1 heterocycles. The third kappa shape index (κ3) is 2.91. The second-order valence-corrected chi connectivity index (χ2v) is 5.06. The molecule has 23 heavy (non-hydrogen) atoms. The van der Waals surface area contributed by atoms with Crippen molar-refractivity contribution < 1.29 is 19.4 Å². The first-order chi connectivity index (χ1) is 11.1. The van der Waals surface area contributed by atoms with Crippen molar-refractivity contribution in [2.75, 3.05) is 6.61 Å². The van der Waals surface area contributed by atoms with E-state index in [1.807, 2.05) is 6.07 Å². The van der Waals surface area contributed by atoms with E-state index >= 15 is 0 Å². The maximum atomic E-state index is 12.3. The molecule has 0 aromatic heterocycles. The van der Waals surface area contributed by atoms with E-state index in [0.717, 1.165) is 0 Å². The Balaban J connectivity index is 1.89. The first-order valence-corrected chi connectivity index (χ1v) is 7.00. The van der Waals surface area contributed by atoms with Crippen molar-refractivity contribution in [3.8, 4) is 0 Å². The summed E-state index contributed by atoms with van der Waals surface area (Å²) in [5, 5.41) is 12.0. The number of hydrogen-bond donors (Lipinski definition) is 2. The van der Waals surface area contributed by atoms with E-state index in [9.17, 15) is 14.7 Å². The smallest absolute Gasteiger partial charge is 0.356 e. The standard InChI is InChI=1S/C17H14N2O4/c20-14(12-7-3-1-4-8-12)18-17(16(21)22)11-23-15(19-17)13-9-5-2-6-10-13/h1-10H,11H2,(H,18,20)(H,21,22). The van der Waals surface area contributed by atoms with Crippen LogP contribution in [-0.4, -0.2) is 35.2 Å². The number of nitrogens with zero attached hydrogens (tertiary/aromatic N) is 1. The van der Waals surface area contributed by atoms with E-state index in [0.29, 0.717) is 11.1 Å². The molecule has 0 saturated carbocycles. The van der Waals surface area contributed by atoms with Gasteiger partial charge >= 0.3 is 5.97 Å². The molecule has 0 bridgehead atoms. The Morgan fingerprint density at radius 1 is 1.04 bits per heavy atom. The fraction of sp³-hybridized carbons (Fsp3) is 0.118. The molecule has 0 spiro atoms. The molecule has 2 N–H and O–H groups in total. The maximum absolute atomic E-state index is 12.3. The van der Waals surface area contributed by atoms with Crippen molar-refractivity contribution >= 4 is 17.8 Å². The molecule has 0 aliphatic carbocycles. The summed E-state index contributed by atoms with van der Waals surface area (Å²) in [6, 6.07) is 17.3. The number of rotatable bonds is 4. The van der Waals surface area contributed by atoms with E-state index in [1.54, 1.807) is 54.6 Å².